The summed E-state index contributed by atoms with van der Waals surface area (Å²) in [7, 11) is 3.24. The molecule has 6 nitrogen and oxygen atoms in total. The third kappa shape index (κ3) is 3.42. The quantitative estimate of drug-likeness (QED) is 0.797. The highest BCUT2D eigenvalue weighted by Crippen LogP contribution is 2.38. The number of amides is 1. The SMILES string of the molecule is COc1ccc(C2CC(c3ccccc3)=NN2C2=NC(=O)SC2)cc1OC. The largest absolute Gasteiger partial charge is 0.493 e. The first-order chi connectivity index (χ1) is 13.2. The number of ether oxygens (including phenoxy) is 2. The lowest BCUT2D eigenvalue weighted by atomic mass is 9.98. The molecule has 0 fully saturated rings. The van der Waals surface area contributed by atoms with E-state index in [0.717, 1.165) is 23.3 Å². The van der Waals surface area contributed by atoms with Gasteiger partial charge >= 0.3 is 5.24 Å². The molecule has 4 rings (SSSR count). The molecule has 2 aliphatic heterocycles. The van der Waals surface area contributed by atoms with Crippen LogP contribution in [0.4, 0.5) is 4.79 Å². The molecule has 138 valence electrons. The maximum absolute atomic E-state index is 11.7. The zero-order valence-corrected chi connectivity index (χ0v) is 15.9. The predicted octanol–water partition coefficient (Wildman–Crippen LogP) is 4.12. The van der Waals surface area contributed by atoms with Crippen LogP contribution in [0.25, 0.3) is 0 Å². The third-order valence-electron chi connectivity index (χ3n) is 4.62. The maximum atomic E-state index is 11.7. The second-order valence-electron chi connectivity index (χ2n) is 6.17. The van der Waals surface area contributed by atoms with Crippen molar-refractivity contribution in [1.82, 2.24) is 5.01 Å². The van der Waals surface area contributed by atoms with Crippen LogP contribution in [-0.4, -0.2) is 41.8 Å². The van der Waals surface area contributed by atoms with Crippen molar-refractivity contribution >= 4 is 28.5 Å². The number of hydrogen-bond donors (Lipinski definition) is 0. The second kappa shape index (κ2) is 7.44. The van der Waals surface area contributed by atoms with Gasteiger partial charge in [0, 0.05) is 6.42 Å². The number of methoxy groups -OCH3 is 2. The van der Waals surface area contributed by atoms with Crippen molar-refractivity contribution in [1.29, 1.82) is 0 Å². The number of hydrogen-bond acceptors (Lipinski definition) is 6. The zero-order valence-electron chi connectivity index (χ0n) is 15.1. The fraction of sp³-hybridized carbons (Fsp3) is 0.250. The van der Waals surface area contributed by atoms with Crippen LogP contribution in [0, 0.1) is 0 Å². The zero-order chi connectivity index (χ0) is 18.8. The lowest BCUT2D eigenvalue weighted by Crippen LogP contribution is -2.27. The Morgan fingerprint density at radius 3 is 2.52 bits per heavy atom. The van der Waals surface area contributed by atoms with Crippen molar-refractivity contribution in [2.45, 2.75) is 12.5 Å². The minimum Gasteiger partial charge on any atom is -0.493 e. The first-order valence-electron chi connectivity index (χ1n) is 8.58. The molecule has 1 atom stereocenters. The van der Waals surface area contributed by atoms with Crippen LogP contribution < -0.4 is 9.47 Å². The van der Waals surface area contributed by atoms with Crippen molar-refractivity contribution in [2.24, 2.45) is 10.1 Å². The third-order valence-corrected chi connectivity index (χ3v) is 5.36. The van der Waals surface area contributed by atoms with Gasteiger partial charge in [-0.3, -0.25) is 4.79 Å². The number of rotatable bonds is 4. The molecule has 2 aromatic rings. The highest BCUT2D eigenvalue weighted by Gasteiger charge is 2.34. The fourth-order valence-corrected chi connectivity index (χ4v) is 3.91. The summed E-state index contributed by atoms with van der Waals surface area (Å²) in [6.45, 7) is 0. The van der Waals surface area contributed by atoms with Crippen LogP contribution in [0.5, 0.6) is 11.5 Å². The molecule has 27 heavy (non-hydrogen) atoms. The van der Waals surface area contributed by atoms with E-state index >= 15 is 0 Å². The van der Waals surface area contributed by atoms with Crippen LogP contribution in [0.2, 0.25) is 0 Å². The standard InChI is InChI=1S/C20H19N3O3S/c1-25-17-9-8-14(10-18(17)26-2)16-11-15(13-6-4-3-5-7-13)22-23(16)19-12-27-20(24)21-19/h3-10,16H,11-12H2,1-2H3. The lowest BCUT2D eigenvalue weighted by molar-refractivity contribution is 0.267. The Hall–Kier alpha value is -2.80. The molecule has 0 bridgehead atoms. The number of hydrazone groups is 1. The molecular weight excluding hydrogens is 362 g/mol. The monoisotopic (exact) mass is 381 g/mol. The van der Waals surface area contributed by atoms with Crippen LogP contribution in [-0.2, 0) is 0 Å². The number of amidine groups is 1. The molecule has 2 heterocycles. The van der Waals surface area contributed by atoms with Crippen molar-refractivity contribution in [2.75, 3.05) is 20.0 Å². The van der Waals surface area contributed by atoms with E-state index in [0.29, 0.717) is 23.1 Å². The molecule has 2 aliphatic rings. The smallest absolute Gasteiger partial charge is 0.307 e. The van der Waals surface area contributed by atoms with E-state index in [1.807, 2.05) is 53.5 Å². The lowest BCUT2D eigenvalue weighted by Gasteiger charge is -2.23. The average Bonchev–Trinajstić information content (AvgIpc) is 3.34. The first kappa shape index (κ1) is 17.6. The van der Waals surface area contributed by atoms with Gasteiger partial charge in [-0.25, -0.2) is 5.01 Å². The predicted molar refractivity (Wildman–Crippen MR) is 107 cm³/mol. The van der Waals surface area contributed by atoms with Gasteiger partial charge in [0.1, 0.15) is 5.84 Å². The molecule has 0 N–H and O–H groups in total. The Bertz CT molecular complexity index is 927. The van der Waals surface area contributed by atoms with Gasteiger partial charge in [-0.05, 0) is 23.3 Å². The van der Waals surface area contributed by atoms with Gasteiger partial charge in [0.15, 0.2) is 11.5 Å². The van der Waals surface area contributed by atoms with Crippen LogP contribution in [0.15, 0.2) is 58.6 Å². The summed E-state index contributed by atoms with van der Waals surface area (Å²) in [5, 5.41) is 6.52. The number of nitrogens with zero attached hydrogens (tertiary/aromatic N) is 3. The van der Waals surface area contributed by atoms with Gasteiger partial charge in [-0.1, -0.05) is 48.2 Å². The summed E-state index contributed by atoms with van der Waals surface area (Å²) in [4.78, 5) is 15.8. The van der Waals surface area contributed by atoms with Gasteiger partial charge in [-0.2, -0.15) is 10.1 Å². The number of carbonyl (C=O) groups is 1. The molecule has 0 aliphatic carbocycles. The highest BCUT2D eigenvalue weighted by atomic mass is 32.2. The van der Waals surface area contributed by atoms with E-state index < -0.39 is 0 Å². The summed E-state index contributed by atoms with van der Waals surface area (Å²) >= 11 is 1.20. The number of aliphatic imine (C=N–C) groups is 1. The van der Waals surface area contributed by atoms with E-state index in [4.69, 9.17) is 14.6 Å². The summed E-state index contributed by atoms with van der Waals surface area (Å²) in [5.41, 5.74) is 3.08. The van der Waals surface area contributed by atoms with Crippen LogP contribution in [0.1, 0.15) is 23.6 Å². The highest BCUT2D eigenvalue weighted by molar-refractivity contribution is 8.14. The minimum atomic E-state index is -0.167. The van der Waals surface area contributed by atoms with Crippen LogP contribution in [0.3, 0.4) is 0 Å². The van der Waals surface area contributed by atoms with Gasteiger partial charge in [0.05, 0.1) is 31.7 Å². The summed E-state index contributed by atoms with van der Waals surface area (Å²) < 4.78 is 10.8. The maximum Gasteiger partial charge on any atom is 0.307 e. The van der Waals surface area contributed by atoms with Crippen LogP contribution >= 0.6 is 11.8 Å². The van der Waals surface area contributed by atoms with E-state index in [1.54, 1.807) is 14.2 Å². The number of carbonyl (C=O) groups excluding carboxylic acids is 1. The van der Waals surface area contributed by atoms with Crippen molar-refractivity contribution in [3.8, 4) is 11.5 Å². The summed E-state index contributed by atoms with van der Waals surface area (Å²) in [6.07, 6.45) is 0.720. The Morgan fingerprint density at radius 2 is 1.85 bits per heavy atom. The molecule has 0 saturated carbocycles. The molecule has 0 spiro atoms. The van der Waals surface area contributed by atoms with E-state index in [-0.39, 0.29) is 11.3 Å². The van der Waals surface area contributed by atoms with Crippen molar-refractivity contribution in [3.05, 3.63) is 59.7 Å². The molecular formula is C20H19N3O3S. The molecule has 0 radical (unpaired) electrons. The molecule has 0 saturated heterocycles. The van der Waals surface area contributed by atoms with Gasteiger partial charge < -0.3 is 9.47 Å². The van der Waals surface area contributed by atoms with Crippen molar-refractivity contribution < 1.29 is 14.3 Å². The summed E-state index contributed by atoms with van der Waals surface area (Å²) in [5.74, 6) is 2.57. The Morgan fingerprint density at radius 1 is 1.07 bits per heavy atom. The van der Waals surface area contributed by atoms with E-state index in [9.17, 15) is 4.79 Å². The first-order valence-corrected chi connectivity index (χ1v) is 9.56. The topological polar surface area (TPSA) is 63.5 Å². The average molecular weight is 381 g/mol. The fourth-order valence-electron chi connectivity index (χ4n) is 3.29. The van der Waals surface area contributed by atoms with Gasteiger partial charge in [0.2, 0.25) is 0 Å². The number of thioether (sulfide) groups is 1. The van der Waals surface area contributed by atoms with Gasteiger partial charge in [0.25, 0.3) is 0 Å². The summed E-state index contributed by atoms with van der Waals surface area (Å²) in [6, 6.07) is 15.9. The normalized spacial score (nSPS) is 19.1. The molecule has 7 heteroatoms. The molecule has 1 amide bonds. The molecule has 0 aromatic heterocycles. The van der Waals surface area contributed by atoms with E-state index in [2.05, 4.69) is 4.99 Å². The van der Waals surface area contributed by atoms with Gasteiger partial charge in [-0.15, -0.1) is 0 Å². The minimum absolute atomic E-state index is 0.0507. The Labute approximate surface area is 161 Å². The molecule has 1 unspecified atom stereocenters. The second-order valence-corrected chi connectivity index (χ2v) is 7.10. The Balaban J connectivity index is 1.73. The Kier molecular flexibility index (Phi) is 4.85. The number of benzene rings is 2. The molecule has 2 aromatic carbocycles. The van der Waals surface area contributed by atoms with E-state index in [1.165, 1.54) is 11.8 Å². The van der Waals surface area contributed by atoms with Crippen molar-refractivity contribution in [3.63, 3.8) is 0 Å².